The summed E-state index contributed by atoms with van der Waals surface area (Å²) < 4.78 is 13.7. The summed E-state index contributed by atoms with van der Waals surface area (Å²) in [5, 5.41) is 8.89. The van der Waals surface area contributed by atoms with E-state index in [1.807, 2.05) is 19.1 Å². The summed E-state index contributed by atoms with van der Waals surface area (Å²) >= 11 is 0. The lowest BCUT2D eigenvalue weighted by Gasteiger charge is -2.07. The van der Waals surface area contributed by atoms with Gasteiger partial charge in [-0.2, -0.15) is 0 Å². The van der Waals surface area contributed by atoms with Crippen LogP contribution in [0.4, 0.5) is 4.39 Å². The molecule has 0 fully saturated rings. The third kappa shape index (κ3) is 2.18. The summed E-state index contributed by atoms with van der Waals surface area (Å²) in [6, 6.07) is 11.1. The minimum atomic E-state index is -1.06. The van der Waals surface area contributed by atoms with Gasteiger partial charge < -0.3 is 5.11 Å². The molecule has 0 atom stereocenters. The van der Waals surface area contributed by atoms with Gasteiger partial charge in [-0.1, -0.05) is 24.3 Å². The lowest BCUT2D eigenvalue weighted by molar-refractivity contribution is 0.0697. The molecule has 0 saturated carbocycles. The van der Waals surface area contributed by atoms with E-state index in [1.54, 1.807) is 12.1 Å². The van der Waals surface area contributed by atoms with Crippen molar-refractivity contribution in [2.75, 3.05) is 0 Å². The molecule has 0 aromatic heterocycles. The van der Waals surface area contributed by atoms with Gasteiger partial charge in [-0.15, -0.1) is 0 Å². The molecule has 0 heterocycles. The monoisotopic (exact) mass is 230 g/mol. The molecule has 2 aromatic rings. The van der Waals surface area contributed by atoms with Gasteiger partial charge in [0.05, 0.1) is 5.56 Å². The van der Waals surface area contributed by atoms with Crippen molar-refractivity contribution in [3.63, 3.8) is 0 Å². The minimum absolute atomic E-state index is 0.0876. The zero-order chi connectivity index (χ0) is 12.4. The zero-order valence-corrected chi connectivity index (χ0v) is 9.27. The Morgan fingerprint density at radius 3 is 2.47 bits per heavy atom. The van der Waals surface area contributed by atoms with Crippen molar-refractivity contribution < 1.29 is 14.3 Å². The van der Waals surface area contributed by atoms with Crippen LogP contribution in [-0.2, 0) is 0 Å². The van der Waals surface area contributed by atoms with E-state index in [4.69, 9.17) is 5.11 Å². The summed E-state index contributed by atoms with van der Waals surface area (Å²) in [4.78, 5) is 10.9. The maximum absolute atomic E-state index is 13.7. The number of hydrogen-bond acceptors (Lipinski definition) is 1. The van der Waals surface area contributed by atoms with E-state index < -0.39 is 11.8 Å². The van der Waals surface area contributed by atoms with E-state index in [0.29, 0.717) is 11.1 Å². The number of benzene rings is 2. The first-order valence-corrected chi connectivity index (χ1v) is 5.18. The highest BCUT2D eigenvalue weighted by atomic mass is 19.1. The van der Waals surface area contributed by atoms with Crippen molar-refractivity contribution in [2.24, 2.45) is 0 Å². The number of rotatable bonds is 2. The lowest BCUT2D eigenvalue weighted by Crippen LogP contribution is -1.98. The molecule has 17 heavy (non-hydrogen) atoms. The molecular formula is C14H11FO2. The second-order valence-corrected chi connectivity index (χ2v) is 3.81. The molecule has 2 rings (SSSR count). The van der Waals surface area contributed by atoms with Crippen LogP contribution in [0.1, 0.15) is 15.9 Å². The molecule has 0 radical (unpaired) electrons. The average molecular weight is 230 g/mol. The zero-order valence-electron chi connectivity index (χ0n) is 9.27. The first-order valence-electron chi connectivity index (χ1n) is 5.18. The van der Waals surface area contributed by atoms with Crippen LogP contribution in [0, 0.1) is 12.7 Å². The van der Waals surface area contributed by atoms with E-state index in [9.17, 15) is 9.18 Å². The molecule has 86 valence electrons. The van der Waals surface area contributed by atoms with Gasteiger partial charge in [0.2, 0.25) is 0 Å². The highest BCUT2D eigenvalue weighted by molar-refractivity contribution is 5.89. The Kier molecular flexibility index (Phi) is 2.91. The Morgan fingerprint density at radius 2 is 1.82 bits per heavy atom. The van der Waals surface area contributed by atoms with Crippen molar-refractivity contribution in [1.82, 2.24) is 0 Å². The lowest BCUT2D eigenvalue weighted by atomic mass is 9.98. The van der Waals surface area contributed by atoms with Crippen molar-refractivity contribution in [1.29, 1.82) is 0 Å². The number of carboxylic acids is 1. The average Bonchev–Trinajstić information content (AvgIpc) is 2.30. The molecule has 1 N–H and O–H groups in total. The third-order valence-electron chi connectivity index (χ3n) is 2.65. The van der Waals surface area contributed by atoms with E-state index in [2.05, 4.69) is 0 Å². The maximum atomic E-state index is 13.7. The van der Waals surface area contributed by atoms with Crippen LogP contribution in [0.2, 0.25) is 0 Å². The topological polar surface area (TPSA) is 37.3 Å². The second kappa shape index (κ2) is 4.37. The normalized spacial score (nSPS) is 10.2. The van der Waals surface area contributed by atoms with Gasteiger partial charge >= 0.3 is 5.97 Å². The second-order valence-electron chi connectivity index (χ2n) is 3.81. The van der Waals surface area contributed by atoms with Gasteiger partial charge in [0.15, 0.2) is 0 Å². The molecule has 2 aromatic carbocycles. The molecule has 3 heteroatoms. The minimum Gasteiger partial charge on any atom is -0.478 e. The Balaban J connectivity index is 2.63. The fourth-order valence-corrected chi connectivity index (χ4v) is 1.74. The number of hydrogen-bond donors (Lipinski definition) is 1. The Hall–Kier alpha value is -2.16. The summed E-state index contributed by atoms with van der Waals surface area (Å²) in [6.45, 7) is 1.86. The molecule has 0 saturated heterocycles. The van der Waals surface area contributed by atoms with Gasteiger partial charge in [-0.05, 0) is 36.2 Å². The third-order valence-corrected chi connectivity index (χ3v) is 2.65. The van der Waals surface area contributed by atoms with Gasteiger partial charge in [-0.25, -0.2) is 9.18 Å². The van der Waals surface area contributed by atoms with E-state index >= 15 is 0 Å². The molecule has 0 bridgehead atoms. The summed E-state index contributed by atoms with van der Waals surface area (Å²) in [5.74, 6) is -1.47. The predicted molar refractivity (Wildman–Crippen MR) is 63.5 cm³/mol. The standard InChI is InChI=1S/C14H11FO2/c1-9-4-2-3-5-11(9)12-8-10(14(16)17)6-7-13(12)15/h2-8H,1H3,(H,16,17). The fraction of sp³-hybridized carbons (Fsp3) is 0.0714. The van der Waals surface area contributed by atoms with Crippen LogP contribution in [-0.4, -0.2) is 11.1 Å². The number of aryl methyl sites for hydroxylation is 1. The SMILES string of the molecule is Cc1ccccc1-c1cc(C(=O)O)ccc1F. The summed E-state index contributed by atoms with van der Waals surface area (Å²) in [5.41, 5.74) is 2.04. The quantitative estimate of drug-likeness (QED) is 0.857. The van der Waals surface area contributed by atoms with Crippen LogP contribution in [0.5, 0.6) is 0 Å². The van der Waals surface area contributed by atoms with Crippen molar-refractivity contribution in [2.45, 2.75) is 6.92 Å². The molecule has 0 aliphatic rings. The highest BCUT2D eigenvalue weighted by Gasteiger charge is 2.11. The van der Waals surface area contributed by atoms with Crippen LogP contribution in [0.25, 0.3) is 11.1 Å². The predicted octanol–water partition coefficient (Wildman–Crippen LogP) is 3.50. The van der Waals surface area contributed by atoms with E-state index in [1.165, 1.54) is 18.2 Å². The first-order chi connectivity index (χ1) is 8.09. The van der Waals surface area contributed by atoms with Crippen LogP contribution in [0.3, 0.4) is 0 Å². The molecule has 0 unspecified atom stereocenters. The van der Waals surface area contributed by atoms with Crippen molar-refractivity contribution in [3.05, 3.63) is 59.4 Å². The number of carbonyl (C=O) groups is 1. The van der Waals surface area contributed by atoms with Crippen LogP contribution < -0.4 is 0 Å². The Morgan fingerprint density at radius 1 is 1.12 bits per heavy atom. The van der Waals surface area contributed by atoms with Gasteiger partial charge in [0, 0.05) is 5.56 Å². The van der Waals surface area contributed by atoms with Crippen LogP contribution in [0.15, 0.2) is 42.5 Å². The molecule has 0 aliphatic carbocycles. The Labute approximate surface area is 98.3 Å². The van der Waals surface area contributed by atoms with Gasteiger partial charge in [0.25, 0.3) is 0 Å². The Bertz CT molecular complexity index is 576. The van der Waals surface area contributed by atoms with Crippen LogP contribution >= 0.6 is 0 Å². The maximum Gasteiger partial charge on any atom is 0.335 e. The fourth-order valence-electron chi connectivity index (χ4n) is 1.74. The number of halogens is 1. The smallest absolute Gasteiger partial charge is 0.335 e. The van der Waals surface area contributed by atoms with E-state index in [0.717, 1.165) is 5.56 Å². The first kappa shape index (κ1) is 11.3. The summed E-state index contributed by atoms with van der Waals surface area (Å²) in [7, 11) is 0. The van der Waals surface area contributed by atoms with Crippen molar-refractivity contribution in [3.8, 4) is 11.1 Å². The summed E-state index contributed by atoms with van der Waals surface area (Å²) in [6.07, 6.45) is 0. The largest absolute Gasteiger partial charge is 0.478 e. The molecule has 2 nitrogen and oxygen atoms in total. The molecular weight excluding hydrogens is 219 g/mol. The van der Waals surface area contributed by atoms with Gasteiger partial charge in [-0.3, -0.25) is 0 Å². The molecule has 0 aliphatic heterocycles. The number of carboxylic acid groups (broad SMARTS) is 1. The molecule has 0 amide bonds. The highest BCUT2D eigenvalue weighted by Crippen LogP contribution is 2.26. The van der Waals surface area contributed by atoms with Crippen molar-refractivity contribution >= 4 is 5.97 Å². The number of aromatic carboxylic acids is 1. The van der Waals surface area contributed by atoms with Gasteiger partial charge in [0.1, 0.15) is 5.82 Å². The molecule has 0 spiro atoms. The van der Waals surface area contributed by atoms with E-state index in [-0.39, 0.29) is 5.56 Å².